The molecule has 1 saturated carbocycles. The average Bonchev–Trinajstić information content (AvgIpc) is 3.60. The van der Waals surface area contributed by atoms with Gasteiger partial charge in [-0.25, -0.2) is 23.1 Å². The summed E-state index contributed by atoms with van der Waals surface area (Å²) in [5, 5.41) is 12.2. The number of nitrogens with zero attached hydrogens (tertiary/aromatic N) is 4. The lowest BCUT2D eigenvalue weighted by Gasteiger charge is -2.12. The first-order valence-electron chi connectivity index (χ1n) is 9.69. The summed E-state index contributed by atoms with van der Waals surface area (Å²) in [4.78, 5) is 8.11. The number of hydrogen-bond donors (Lipinski definition) is 1. The van der Waals surface area contributed by atoms with Crippen LogP contribution >= 0.6 is 0 Å². The van der Waals surface area contributed by atoms with E-state index < -0.39 is 28.1 Å². The van der Waals surface area contributed by atoms with Crippen LogP contribution in [0.15, 0.2) is 47.0 Å². The topological polar surface area (TPSA) is 83.2 Å². The van der Waals surface area contributed by atoms with E-state index in [0.29, 0.717) is 22.3 Å². The molecule has 1 unspecified atom stereocenters. The van der Waals surface area contributed by atoms with Gasteiger partial charge in [0.05, 0.1) is 13.3 Å². The summed E-state index contributed by atoms with van der Waals surface area (Å²) >= 11 is 0. The lowest BCUT2D eigenvalue weighted by molar-refractivity contribution is 0.412. The smallest absolute Gasteiger partial charge is 0.227 e. The Morgan fingerprint density at radius 2 is 2.00 bits per heavy atom. The quantitative estimate of drug-likeness (QED) is 0.490. The zero-order chi connectivity index (χ0) is 22.7. The predicted octanol–water partition coefficient (Wildman–Crippen LogP) is 5.26. The second kappa shape index (κ2) is 9.36. The van der Waals surface area contributed by atoms with Crippen LogP contribution in [0.1, 0.15) is 18.4 Å². The minimum atomic E-state index is -0.716. The molecule has 6 nitrogen and oxygen atoms in total. The minimum absolute atomic E-state index is 0.0345. The highest BCUT2D eigenvalue weighted by atomic mass is 32.2. The zero-order valence-corrected chi connectivity index (χ0v) is 17.8. The molecule has 1 aliphatic rings. The fraction of sp³-hybridized carbons (Fsp3) is 0.227. The second-order valence-electron chi connectivity index (χ2n) is 7.14. The van der Waals surface area contributed by atoms with Gasteiger partial charge >= 0.3 is 0 Å². The van der Waals surface area contributed by atoms with Gasteiger partial charge in [0.2, 0.25) is 12.1 Å². The van der Waals surface area contributed by atoms with Crippen molar-refractivity contribution >= 4 is 22.3 Å². The molecule has 4 rings (SSSR count). The van der Waals surface area contributed by atoms with Gasteiger partial charge in [0.1, 0.15) is 23.1 Å². The molecule has 1 N–H and O–H groups in total. The molecule has 0 aliphatic heterocycles. The molecule has 1 atom stereocenters. The molecule has 32 heavy (non-hydrogen) atoms. The Morgan fingerprint density at radius 3 is 2.72 bits per heavy atom. The van der Waals surface area contributed by atoms with E-state index in [1.807, 2.05) is 6.19 Å². The number of anilines is 2. The third-order valence-corrected chi connectivity index (χ3v) is 6.94. The van der Waals surface area contributed by atoms with Gasteiger partial charge in [-0.15, -0.1) is 0 Å². The molecule has 0 saturated heterocycles. The van der Waals surface area contributed by atoms with Crippen molar-refractivity contribution in [1.29, 1.82) is 5.26 Å². The van der Waals surface area contributed by atoms with Crippen LogP contribution in [0.5, 0.6) is 5.75 Å². The minimum Gasteiger partial charge on any atom is -0.496 e. The number of nitriles is 1. The van der Waals surface area contributed by atoms with Crippen molar-refractivity contribution < 1.29 is 17.9 Å². The number of aromatic nitrogens is 2. The van der Waals surface area contributed by atoms with Crippen LogP contribution in [0.25, 0.3) is 11.3 Å². The summed E-state index contributed by atoms with van der Waals surface area (Å²) in [5.74, 6) is -1.09. The molecule has 2 aromatic carbocycles. The largest absolute Gasteiger partial charge is 0.496 e. The van der Waals surface area contributed by atoms with E-state index in [1.165, 1.54) is 31.4 Å². The van der Waals surface area contributed by atoms with Crippen LogP contribution in [-0.2, 0) is 16.4 Å². The molecule has 0 bridgehead atoms. The maximum absolute atomic E-state index is 14.4. The summed E-state index contributed by atoms with van der Waals surface area (Å²) in [6, 6.07) is 8.07. The van der Waals surface area contributed by atoms with E-state index in [4.69, 9.17) is 10.00 Å². The summed E-state index contributed by atoms with van der Waals surface area (Å²) in [6.07, 6.45) is 4.88. The number of benzene rings is 2. The monoisotopic (exact) mass is 457 g/mol. The molecule has 1 heterocycles. The third-order valence-electron chi connectivity index (χ3n) is 4.76. The molecule has 0 amide bonds. The van der Waals surface area contributed by atoms with Crippen molar-refractivity contribution in [3.05, 3.63) is 65.6 Å². The fourth-order valence-corrected chi connectivity index (χ4v) is 4.94. The predicted molar refractivity (Wildman–Crippen MR) is 116 cm³/mol. The van der Waals surface area contributed by atoms with Crippen molar-refractivity contribution in [2.24, 2.45) is 4.36 Å². The Morgan fingerprint density at radius 1 is 1.19 bits per heavy atom. The van der Waals surface area contributed by atoms with Crippen LogP contribution in [0.2, 0.25) is 0 Å². The Hall–Kier alpha value is -3.45. The number of hydrogen-bond acceptors (Lipinski definition) is 6. The van der Waals surface area contributed by atoms with E-state index in [0.717, 1.165) is 25.1 Å². The second-order valence-corrected chi connectivity index (χ2v) is 9.08. The van der Waals surface area contributed by atoms with E-state index >= 15 is 0 Å². The number of rotatable bonds is 7. The molecule has 0 radical (unpaired) electrons. The molecular weight excluding hydrogens is 439 g/mol. The number of nitrogens with one attached hydrogen (secondary N) is 1. The van der Waals surface area contributed by atoms with E-state index in [9.17, 15) is 13.2 Å². The lowest BCUT2D eigenvalue weighted by Crippen LogP contribution is -2.04. The number of halogens is 3. The van der Waals surface area contributed by atoms with Crippen molar-refractivity contribution in [1.82, 2.24) is 9.97 Å². The first-order chi connectivity index (χ1) is 15.5. The Labute approximate surface area is 185 Å². The summed E-state index contributed by atoms with van der Waals surface area (Å²) < 4.78 is 51.3. The van der Waals surface area contributed by atoms with Gasteiger partial charge in [0.25, 0.3) is 0 Å². The van der Waals surface area contributed by atoms with Crippen molar-refractivity contribution in [2.75, 3.05) is 12.4 Å². The Balaban J connectivity index is 1.63. The highest BCUT2D eigenvalue weighted by Crippen LogP contribution is 2.32. The molecular formula is C22H18F3N5OS. The van der Waals surface area contributed by atoms with Crippen LogP contribution in [0, 0.1) is 28.9 Å². The SMILES string of the molecule is COc1cc(F)ccc1-c1nc(Nc2cc(F)cc(CS(=NC#N)C3CC3)c2)ncc1F. The van der Waals surface area contributed by atoms with Gasteiger partial charge in [0, 0.05) is 28.3 Å². The summed E-state index contributed by atoms with van der Waals surface area (Å²) in [5.41, 5.74) is 1.23. The first kappa shape index (κ1) is 21.8. The van der Waals surface area contributed by atoms with Crippen LogP contribution < -0.4 is 10.1 Å². The van der Waals surface area contributed by atoms with E-state index in [1.54, 1.807) is 6.07 Å². The number of methoxy groups -OCH3 is 1. The van der Waals surface area contributed by atoms with Gasteiger partial charge in [-0.05, 0) is 48.7 Å². The summed E-state index contributed by atoms with van der Waals surface area (Å²) in [7, 11) is 0.874. The van der Waals surface area contributed by atoms with Gasteiger partial charge in [-0.2, -0.15) is 9.62 Å². The van der Waals surface area contributed by atoms with E-state index in [-0.39, 0.29) is 23.0 Å². The lowest BCUT2D eigenvalue weighted by atomic mass is 10.1. The number of ether oxygens (including phenoxy) is 1. The molecule has 164 valence electrons. The van der Waals surface area contributed by atoms with Crippen molar-refractivity contribution in [2.45, 2.75) is 23.8 Å². The van der Waals surface area contributed by atoms with E-state index in [2.05, 4.69) is 19.6 Å². The molecule has 1 aromatic heterocycles. The summed E-state index contributed by atoms with van der Waals surface area (Å²) in [6.45, 7) is 0. The molecule has 0 spiro atoms. The Kier molecular flexibility index (Phi) is 6.37. The van der Waals surface area contributed by atoms with Crippen molar-refractivity contribution in [3.63, 3.8) is 0 Å². The van der Waals surface area contributed by atoms with Crippen LogP contribution in [-0.4, -0.2) is 22.3 Å². The van der Waals surface area contributed by atoms with Crippen LogP contribution in [0.4, 0.5) is 24.8 Å². The average molecular weight is 457 g/mol. The third kappa shape index (κ3) is 5.06. The van der Waals surface area contributed by atoms with Gasteiger partial charge in [-0.3, -0.25) is 0 Å². The first-order valence-corrected chi connectivity index (χ1v) is 11.1. The maximum Gasteiger partial charge on any atom is 0.227 e. The highest BCUT2D eigenvalue weighted by molar-refractivity contribution is 7.87. The molecule has 10 heteroatoms. The van der Waals surface area contributed by atoms with Gasteiger partial charge < -0.3 is 10.1 Å². The standard InChI is InChI=1S/C22H18F3N5OS/c1-31-20-9-14(23)2-5-18(20)21-19(25)10-27-22(30-21)29-16-7-13(6-15(24)8-16)11-32(28-12-26)17-3-4-17/h2,5-10,17H,3-4,11H2,1H3,(H,27,29,30). The maximum atomic E-state index is 14.4. The normalized spacial score (nSPS) is 14.1. The molecule has 1 aliphatic carbocycles. The molecule has 3 aromatic rings. The van der Waals surface area contributed by atoms with Gasteiger partial charge in [-0.1, -0.05) is 10.7 Å². The van der Waals surface area contributed by atoms with Crippen LogP contribution in [0.3, 0.4) is 0 Å². The van der Waals surface area contributed by atoms with Gasteiger partial charge in [0.15, 0.2) is 5.82 Å². The fourth-order valence-electron chi connectivity index (χ4n) is 3.20. The highest BCUT2D eigenvalue weighted by Gasteiger charge is 2.27. The Bertz CT molecular complexity index is 1240. The van der Waals surface area contributed by atoms with Crippen molar-refractivity contribution in [3.8, 4) is 23.2 Å². The zero-order valence-electron chi connectivity index (χ0n) is 17.0. The molecule has 1 fully saturated rings.